The summed E-state index contributed by atoms with van der Waals surface area (Å²) in [7, 11) is 0. The summed E-state index contributed by atoms with van der Waals surface area (Å²) >= 11 is 0. The average molecular weight is 665 g/mol. The number of hydrogen-bond donors (Lipinski definition) is 1. The second kappa shape index (κ2) is 41.1. The summed E-state index contributed by atoms with van der Waals surface area (Å²) in [6.45, 7) is 2.89. The second-order valence-corrected chi connectivity index (χ2v) is 14.8. The Balaban J connectivity index is 3.11. The number of carboxylic acid groups (broad SMARTS) is 1. The van der Waals surface area contributed by atoms with Crippen LogP contribution in [-0.4, -0.2) is 23.7 Å². The molecule has 0 spiro atoms. The third-order valence-corrected chi connectivity index (χ3v) is 10.0. The summed E-state index contributed by atoms with van der Waals surface area (Å²) in [5, 5.41) is 8.65. The maximum atomic E-state index is 11.9. The summed E-state index contributed by atoms with van der Waals surface area (Å²) in [6, 6.07) is 0. The van der Waals surface area contributed by atoms with Crippen LogP contribution in [0.3, 0.4) is 0 Å². The second-order valence-electron chi connectivity index (χ2n) is 14.8. The van der Waals surface area contributed by atoms with Crippen LogP contribution >= 0.6 is 0 Å². The third kappa shape index (κ3) is 42.9. The van der Waals surface area contributed by atoms with E-state index in [1.165, 1.54) is 212 Å². The fourth-order valence-corrected chi connectivity index (χ4v) is 6.81. The third-order valence-electron chi connectivity index (χ3n) is 10.0. The molecule has 0 saturated heterocycles. The van der Waals surface area contributed by atoms with Gasteiger partial charge in [0.25, 0.3) is 0 Å². The van der Waals surface area contributed by atoms with Crippen LogP contribution in [0.4, 0.5) is 0 Å². The fraction of sp³-hybridized carbons (Fsp3) is 0.953. The molecular weight excluding hydrogens is 580 g/mol. The van der Waals surface area contributed by atoms with Crippen molar-refractivity contribution in [1.29, 1.82) is 0 Å². The number of ether oxygens (including phenoxy) is 1. The van der Waals surface area contributed by atoms with Crippen molar-refractivity contribution < 1.29 is 19.4 Å². The first-order chi connectivity index (χ1) is 23.2. The van der Waals surface area contributed by atoms with Crippen LogP contribution < -0.4 is 0 Å². The molecule has 0 heterocycles. The maximum Gasteiger partial charge on any atom is 0.305 e. The molecule has 4 heteroatoms. The summed E-state index contributed by atoms with van der Waals surface area (Å²) < 4.78 is 5.43. The molecule has 0 aliphatic heterocycles. The number of carboxylic acids is 1. The minimum atomic E-state index is -0.653. The van der Waals surface area contributed by atoms with Gasteiger partial charge in [-0.3, -0.25) is 9.59 Å². The van der Waals surface area contributed by atoms with Crippen LogP contribution in [0, 0.1) is 0 Å². The van der Waals surface area contributed by atoms with Crippen LogP contribution in [-0.2, 0) is 14.3 Å². The van der Waals surface area contributed by atoms with Gasteiger partial charge in [0.1, 0.15) is 0 Å². The van der Waals surface area contributed by atoms with Gasteiger partial charge in [0.05, 0.1) is 6.61 Å². The average Bonchev–Trinajstić information content (AvgIpc) is 3.06. The number of rotatable bonds is 41. The Labute approximate surface area is 294 Å². The molecule has 0 aliphatic rings. The predicted molar refractivity (Wildman–Crippen MR) is 204 cm³/mol. The van der Waals surface area contributed by atoms with Crippen LogP contribution in [0.5, 0.6) is 0 Å². The van der Waals surface area contributed by atoms with Crippen molar-refractivity contribution in [3.8, 4) is 0 Å². The van der Waals surface area contributed by atoms with E-state index in [0.29, 0.717) is 19.4 Å². The minimum Gasteiger partial charge on any atom is -0.481 e. The van der Waals surface area contributed by atoms with Crippen molar-refractivity contribution in [3.05, 3.63) is 0 Å². The van der Waals surface area contributed by atoms with E-state index < -0.39 is 5.97 Å². The van der Waals surface area contributed by atoms with Gasteiger partial charge in [-0.1, -0.05) is 225 Å². The van der Waals surface area contributed by atoms with Crippen LogP contribution in [0.25, 0.3) is 0 Å². The molecule has 0 aromatic heterocycles. The number of unbranched alkanes of at least 4 members (excludes halogenated alkanes) is 35. The monoisotopic (exact) mass is 665 g/mol. The molecule has 0 aromatic carbocycles. The van der Waals surface area contributed by atoms with Crippen molar-refractivity contribution in [1.82, 2.24) is 0 Å². The molecule has 0 rings (SSSR count). The predicted octanol–water partition coefficient (Wildman–Crippen LogP) is 14.8. The van der Waals surface area contributed by atoms with Crippen LogP contribution in [0.1, 0.15) is 257 Å². The van der Waals surface area contributed by atoms with E-state index in [9.17, 15) is 9.59 Å². The highest BCUT2D eigenvalue weighted by atomic mass is 16.5. The lowest BCUT2D eigenvalue weighted by atomic mass is 10.0. The Hall–Kier alpha value is -1.06. The van der Waals surface area contributed by atoms with Crippen molar-refractivity contribution >= 4 is 11.9 Å². The van der Waals surface area contributed by atoms with E-state index >= 15 is 0 Å². The number of esters is 1. The molecule has 0 radical (unpaired) electrons. The minimum absolute atomic E-state index is 0.0180. The van der Waals surface area contributed by atoms with Gasteiger partial charge >= 0.3 is 11.9 Å². The molecule has 0 fully saturated rings. The molecule has 1 N–H and O–H groups in total. The Morgan fingerprint density at radius 3 is 0.851 bits per heavy atom. The lowest BCUT2D eigenvalue weighted by Gasteiger charge is -2.06. The molecule has 0 saturated carbocycles. The summed E-state index contributed by atoms with van der Waals surface area (Å²) in [5.41, 5.74) is 0. The van der Waals surface area contributed by atoms with Gasteiger partial charge in [-0.25, -0.2) is 0 Å². The van der Waals surface area contributed by atoms with Crippen molar-refractivity contribution in [2.45, 2.75) is 257 Å². The van der Waals surface area contributed by atoms with Gasteiger partial charge in [-0.15, -0.1) is 0 Å². The van der Waals surface area contributed by atoms with E-state index in [1.807, 2.05) is 0 Å². The first-order valence-electron chi connectivity index (χ1n) is 21.5. The molecule has 0 unspecified atom stereocenters. The van der Waals surface area contributed by atoms with Crippen LogP contribution in [0.15, 0.2) is 0 Å². The molecule has 0 aromatic rings. The Bertz CT molecular complexity index is 619. The molecule has 47 heavy (non-hydrogen) atoms. The molecule has 0 amide bonds. The van der Waals surface area contributed by atoms with Gasteiger partial charge in [-0.05, 0) is 19.3 Å². The summed E-state index contributed by atoms with van der Waals surface area (Å²) in [6.07, 6.45) is 50.1. The number of carbonyl (C=O) groups excluding carboxylic acids is 1. The van der Waals surface area contributed by atoms with Gasteiger partial charge < -0.3 is 9.84 Å². The molecule has 280 valence electrons. The quantitative estimate of drug-likeness (QED) is 0.0522. The van der Waals surface area contributed by atoms with Gasteiger partial charge in [-0.2, -0.15) is 0 Å². The lowest BCUT2D eigenvalue weighted by Crippen LogP contribution is -2.05. The van der Waals surface area contributed by atoms with Gasteiger partial charge in [0.15, 0.2) is 0 Å². The largest absolute Gasteiger partial charge is 0.481 e. The normalized spacial score (nSPS) is 11.3. The Kier molecular flexibility index (Phi) is 40.2. The smallest absolute Gasteiger partial charge is 0.305 e. The maximum absolute atomic E-state index is 11.9. The van der Waals surface area contributed by atoms with Crippen molar-refractivity contribution in [2.75, 3.05) is 6.61 Å². The SMILES string of the molecule is CCCCCCCCCCCC(=O)OCCCCCCCCCCCCCCCCCCCCCCCCCCCCCCC(=O)O. The first kappa shape index (κ1) is 45.9. The van der Waals surface area contributed by atoms with E-state index in [1.54, 1.807) is 0 Å². The summed E-state index contributed by atoms with van der Waals surface area (Å²) in [5.74, 6) is -0.635. The zero-order valence-corrected chi connectivity index (χ0v) is 32.0. The Morgan fingerprint density at radius 1 is 0.340 bits per heavy atom. The molecule has 0 atom stereocenters. The number of hydrogen-bond acceptors (Lipinski definition) is 3. The zero-order valence-electron chi connectivity index (χ0n) is 32.0. The van der Waals surface area contributed by atoms with E-state index in [-0.39, 0.29) is 5.97 Å². The number of carbonyl (C=O) groups is 2. The molecular formula is C43H84O4. The highest BCUT2D eigenvalue weighted by molar-refractivity contribution is 5.69. The molecule has 0 aliphatic carbocycles. The molecule has 0 bridgehead atoms. The van der Waals surface area contributed by atoms with Crippen LogP contribution in [0.2, 0.25) is 0 Å². The van der Waals surface area contributed by atoms with Crippen molar-refractivity contribution in [2.24, 2.45) is 0 Å². The molecule has 4 nitrogen and oxygen atoms in total. The van der Waals surface area contributed by atoms with Gasteiger partial charge in [0, 0.05) is 12.8 Å². The van der Waals surface area contributed by atoms with E-state index in [2.05, 4.69) is 6.92 Å². The Morgan fingerprint density at radius 2 is 0.574 bits per heavy atom. The van der Waals surface area contributed by atoms with Gasteiger partial charge in [0.2, 0.25) is 0 Å². The van der Waals surface area contributed by atoms with Crippen molar-refractivity contribution in [3.63, 3.8) is 0 Å². The number of aliphatic carboxylic acids is 1. The summed E-state index contributed by atoms with van der Waals surface area (Å²) in [4.78, 5) is 22.4. The van der Waals surface area contributed by atoms with E-state index in [4.69, 9.17) is 9.84 Å². The lowest BCUT2D eigenvalue weighted by molar-refractivity contribution is -0.144. The topological polar surface area (TPSA) is 63.6 Å². The highest BCUT2D eigenvalue weighted by Crippen LogP contribution is 2.17. The standard InChI is InChI=1S/C43H84O4/c1-2-3-4-5-6-27-31-34-37-40-43(46)47-41-38-35-32-29-26-24-22-20-18-16-14-12-10-8-7-9-11-13-15-17-19-21-23-25-28-30-33-36-39-42(44)45/h2-41H2,1H3,(H,44,45). The zero-order chi connectivity index (χ0) is 34.1. The first-order valence-corrected chi connectivity index (χ1v) is 21.5. The fourth-order valence-electron chi connectivity index (χ4n) is 6.81. The van der Waals surface area contributed by atoms with E-state index in [0.717, 1.165) is 25.7 Å². The highest BCUT2D eigenvalue weighted by Gasteiger charge is 2.03.